The fourth-order valence-electron chi connectivity index (χ4n) is 3.69. The van der Waals surface area contributed by atoms with Crippen LogP contribution in [-0.4, -0.2) is 58.5 Å². The Balaban J connectivity index is 0.00000161. The van der Waals surface area contributed by atoms with Gasteiger partial charge in [0.15, 0.2) is 0 Å². The maximum Gasteiger partial charge on any atom is 0.307 e. The zero-order valence-corrected chi connectivity index (χ0v) is 13.2. The van der Waals surface area contributed by atoms with Gasteiger partial charge >= 0.3 is 5.97 Å². The highest BCUT2D eigenvalue weighted by Gasteiger charge is 2.39. The van der Waals surface area contributed by atoms with Crippen LogP contribution in [0.3, 0.4) is 0 Å². The molecule has 1 unspecified atom stereocenters. The standard InChI is InChI=1S/C15H24N2O3.ClH/c18-14(10-16-8-7-11(9-16)15(19)20)17(13-5-6-13)12-3-1-2-4-12;/h11-13H,1-10H2,(H,19,20);1H. The minimum atomic E-state index is -0.727. The number of hydrogen-bond acceptors (Lipinski definition) is 3. The average Bonchev–Trinajstić information content (AvgIpc) is 2.91. The van der Waals surface area contributed by atoms with Gasteiger partial charge < -0.3 is 10.0 Å². The molecule has 1 saturated heterocycles. The van der Waals surface area contributed by atoms with Gasteiger partial charge in [0.05, 0.1) is 12.5 Å². The van der Waals surface area contributed by atoms with E-state index in [1.165, 1.54) is 12.8 Å². The van der Waals surface area contributed by atoms with Gasteiger partial charge in [0.1, 0.15) is 0 Å². The summed E-state index contributed by atoms with van der Waals surface area (Å²) in [5.74, 6) is -0.788. The summed E-state index contributed by atoms with van der Waals surface area (Å²) in [5, 5.41) is 9.02. The summed E-state index contributed by atoms with van der Waals surface area (Å²) in [6.45, 7) is 1.69. The molecule has 0 radical (unpaired) electrons. The number of aliphatic carboxylic acids is 1. The van der Waals surface area contributed by atoms with Crippen molar-refractivity contribution in [2.75, 3.05) is 19.6 Å². The summed E-state index contributed by atoms with van der Waals surface area (Å²) in [6, 6.07) is 0.927. The van der Waals surface area contributed by atoms with Crippen molar-refractivity contribution < 1.29 is 14.7 Å². The van der Waals surface area contributed by atoms with E-state index in [0.29, 0.717) is 31.6 Å². The number of likely N-dealkylation sites (tertiary alicyclic amines) is 1. The van der Waals surface area contributed by atoms with Gasteiger partial charge in [-0.15, -0.1) is 12.4 Å². The predicted molar refractivity (Wildman–Crippen MR) is 81.6 cm³/mol. The van der Waals surface area contributed by atoms with Crippen LogP contribution in [0.5, 0.6) is 0 Å². The van der Waals surface area contributed by atoms with Gasteiger partial charge in [-0.05, 0) is 38.6 Å². The lowest BCUT2D eigenvalue weighted by Crippen LogP contribution is -2.45. The van der Waals surface area contributed by atoms with Crippen molar-refractivity contribution in [2.24, 2.45) is 5.92 Å². The zero-order chi connectivity index (χ0) is 14.1. The first kappa shape index (κ1) is 16.6. The van der Waals surface area contributed by atoms with E-state index >= 15 is 0 Å². The van der Waals surface area contributed by atoms with E-state index in [1.54, 1.807) is 0 Å². The third-order valence-electron chi connectivity index (χ3n) is 4.93. The van der Waals surface area contributed by atoms with E-state index in [2.05, 4.69) is 4.90 Å². The van der Waals surface area contributed by atoms with E-state index < -0.39 is 5.97 Å². The molecule has 3 aliphatic rings. The highest BCUT2D eigenvalue weighted by Crippen LogP contribution is 2.34. The Bertz CT molecular complexity index is 394. The van der Waals surface area contributed by atoms with Crippen LogP contribution in [-0.2, 0) is 9.59 Å². The Hall–Kier alpha value is -0.810. The molecule has 1 amide bonds. The molecule has 0 bridgehead atoms. The summed E-state index contributed by atoms with van der Waals surface area (Å²) in [5.41, 5.74) is 0. The van der Waals surface area contributed by atoms with E-state index in [0.717, 1.165) is 32.2 Å². The summed E-state index contributed by atoms with van der Waals surface area (Å²) in [6.07, 6.45) is 7.77. The van der Waals surface area contributed by atoms with E-state index in [1.807, 2.05) is 4.90 Å². The SMILES string of the molecule is Cl.O=C(O)C1CCN(CC(=O)N(C2CCCC2)C2CC2)C1. The van der Waals surface area contributed by atoms with Gasteiger partial charge in [-0.2, -0.15) is 0 Å². The second kappa shape index (κ2) is 6.97. The molecule has 0 aromatic rings. The molecule has 0 spiro atoms. The third kappa shape index (κ3) is 3.89. The zero-order valence-electron chi connectivity index (χ0n) is 12.4. The van der Waals surface area contributed by atoms with Crippen LogP contribution in [0.4, 0.5) is 0 Å². The number of carboxylic acid groups (broad SMARTS) is 1. The largest absolute Gasteiger partial charge is 0.481 e. The number of nitrogens with zero attached hydrogens (tertiary/aromatic N) is 2. The fourth-order valence-corrected chi connectivity index (χ4v) is 3.69. The number of hydrogen-bond donors (Lipinski definition) is 1. The molecule has 21 heavy (non-hydrogen) atoms. The summed E-state index contributed by atoms with van der Waals surface area (Å²) in [4.78, 5) is 27.7. The van der Waals surface area contributed by atoms with Crippen molar-refractivity contribution in [3.8, 4) is 0 Å². The lowest BCUT2D eigenvalue weighted by molar-refractivity contribution is -0.142. The van der Waals surface area contributed by atoms with Crippen LogP contribution in [0.2, 0.25) is 0 Å². The highest BCUT2D eigenvalue weighted by molar-refractivity contribution is 5.85. The van der Waals surface area contributed by atoms with E-state index in [9.17, 15) is 9.59 Å². The van der Waals surface area contributed by atoms with Gasteiger partial charge in [0.2, 0.25) is 5.91 Å². The predicted octanol–water partition coefficient (Wildman–Crippen LogP) is 1.75. The number of carbonyl (C=O) groups excluding carboxylic acids is 1. The van der Waals surface area contributed by atoms with Crippen LogP contribution in [0.15, 0.2) is 0 Å². The molecule has 1 heterocycles. The molecule has 3 rings (SSSR count). The molecule has 2 saturated carbocycles. The first-order valence-electron chi connectivity index (χ1n) is 7.91. The van der Waals surface area contributed by atoms with E-state index in [-0.39, 0.29) is 24.2 Å². The van der Waals surface area contributed by atoms with Crippen molar-refractivity contribution in [2.45, 2.75) is 57.0 Å². The maximum absolute atomic E-state index is 12.6. The number of rotatable bonds is 5. The molecule has 1 aliphatic heterocycles. The van der Waals surface area contributed by atoms with Gasteiger partial charge in [0, 0.05) is 18.6 Å². The van der Waals surface area contributed by atoms with Crippen LogP contribution >= 0.6 is 12.4 Å². The van der Waals surface area contributed by atoms with Crippen molar-refractivity contribution >= 4 is 24.3 Å². The van der Waals surface area contributed by atoms with Gasteiger partial charge in [-0.3, -0.25) is 14.5 Å². The molecule has 3 fully saturated rings. The molecule has 0 aromatic heterocycles. The van der Waals surface area contributed by atoms with Crippen LogP contribution < -0.4 is 0 Å². The second-order valence-corrected chi connectivity index (χ2v) is 6.53. The van der Waals surface area contributed by atoms with Gasteiger partial charge in [-0.1, -0.05) is 12.8 Å². The molecule has 5 nitrogen and oxygen atoms in total. The summed E-state index contributed by atoms with van der Waals surface area (Å²) < 4.78 is 0. The minimum Gasteiger partial charge on any atom is -0.481 e. The minimum absolute atomic E-state index is 0. The van der Waals surface area contributed by atoms with Gasteiger partial charge in [0.25, 0.3) is 0 Å². The first-order valence-corrected chi connectivity index (χ1v) is 7.91. The first-order chi connectivity index (χ1) is 9.65. The summed E-state index contributed by atoms with van der Waals surface area (Å²) >= 11 is 0. The van der Waals surface area contributed by atoms with Crippen molar-refractivity contribution in [3.05, 3.63) is 0 Å². The molecule has 1 atom stereocenters. The monoisotopic (exact) mass is 316 g/mol. The lowest BCUT2D eigenvalue weighted by atomic mass is 10.1. The van der Waals surface area contributed by atoms with Crippen LogP contribution in [0.25, 0.3) is 0 Å². The Morgan fingerprint density at radius 2 is 1.67 bits per heavy atom. The van der Waals surface area contributed by atoms with Gasteiger partial charge in [-0.25, -0.2) is 0 Å². The van der Waals surface area contributed by atoms with Crippen molar-refractivity contribution in [1.29, 1.82) is 0 Å². The second-order valence-electron chi connectivity index (χ2n) is 6.53. The Morgan fingerprint density at radius 3 is 2.19 bits per heavy atom. The topological polar surface area (TPSA) is 60.9 Å². The highest BCUT2D eigenvalue weighted by atomic mass is 35.5. The number of carbonyl (C=O) groups is 2. The Labute approximate surface area is 132 Å². The molecular weight excluding hydrogens is 292 g/mol. The summed E-state index contributed by atoms with van der Waals surface area (Å²) in [7, 11) is 0. The van der Waals surface area contributed by atoms with Crippen molar-refractivity contribution in [3.63, 3.8) is 0 Å². The van der Waals surface area contributed by atoms with E-state index in [4.69, 9.17) is 5.11 Å². The lowest BCUT2D eigenvalue weighted by Gasteiger charge is -2.30. The average molecular weight is 317 g/mol. The molecule has 6 heteroatoms. The maximum atomic E-state index is 12.6. The number of halogens is 1. The normalized spacial score (nSPS) is 26.6. The molecule has 1 N–H and O–H groups in total. The smallest absolute Gasteiger partial charge is 0.307 e. The number of carboxylic acids is 1. The van der Waals surface area contributed by atoms with Crippen LogP contribution in [0.1, 0.15) is 44.9 Å². The fraction of sp³-hybridized carbons (Fsp3) is 0.867. The molecule has 120 valence electrons. The quantitative estimate of drug-likeness (QED) is 0.839. The number of amides is 1. The Morgan fingerprint density at radius 1 is 1.05 bits per heavy atom. The third-order valence-corrected chi connectivity index (χ3v) is 4.93. The molecule has 2 aliphatic carbocycles. The van der Waals surface area contributed by atoms with Crippen molar-refractivity contribution in [1.82, 2.24) is 9.80 Å². The molecule has 0 aromatic carbocycles. The Kier molecular flexibility index (Phi) is 5.49. The van der Waals surface area contributed by atoms with Crippen LogP contribution in [0, 0.1) is 5.92 Å². The molecular formula is C15H25ClN2O3.